The van der Waals surface area contributed by atoms with Crippen LogP contribution in [0, 0.1) is 0 Å². The second kappa shape index (κ2) is 5.48. The number of nitrogens with two attached hydrogens (primary N) is 1. The minimum Gasteiger partial charge on any atom is -0.465 e. The van der Waals surface area contributed by atoms with Crippen molar-refractivity contribution in [2.24, 2.45) is 5.73 Å². The van der Waals surface area contributed by atoms with Crippen LogP contribution in [-0.4, -0.2) is 18.6 Å². The summed E-state index contributed by atoms with van der Waals surface area (Å²) in [5.41, 5.74) is 6.72. The molecule has 1 rings (SSSR count). The van der Waals surface area contributed by atoms with Crippen LogP contribution < -0.4 is 5.73 Å². The summed E-state index contributed by atoms with van der Waals surface area (Å²) in [6.07, 6.45) is 0.529. The molecule has 1 aromatic heterocycles. The Morgan fingerprint density at radius 3 is 3.00 bits per heavy atom. The average Bonchev–Trinajstić information content (AvgIpc) is 2.51. The van der Waals surface area contributed by atoms with E-state index in [9.17, 15) is 4.79 Å². The van der Waals surface area contributed by atoms with E-state index in [1.54, 1.807) is 18.3 Å². The number of rotatable bonds is 4. The van der Waals surface area contributed by atoms with Gasteiger partial charge in [0.2, 0.25) is 0 Å². The largest absolute Gasteiger partial charge is 0.465 e. The molecule has 0 spiro atoms. The summed E-state index contributed by atoms with van der Waals surface area (Å²) in [5, 5.41) is 1.98. The molecule has 78 valence electrons. The lowest BCUT2D eigenvalue weighted by Gasteiger charge is -2.08. The van der Waals surface area contributed by atoms with E-state index in [0.29, 0.717) is 13.0 Å². The van der Waals surface area contributed by atoms with Gasteiger partial charge in [-0.3, -0.25) is 4.79 Å². The van der Waals surface area contributed by atoms with E-state index in [2.05, 4.69) is 15.9 Å². The molecular formula is C9H12BrNO2S. The van der Waals surface area contributed by atoms with Gasteiger partial charge in [0, 0.05) is 0 Å². The molecule has 14 heavy (non-hydrogen) atoms. The van der Waals surface area contributed by atoms with Crippen molar-refractivity contribution in [1.29, 1.82) is 0 Å². The van der Waals surface area contributed by atoms with Crippen LogP contribution in [0.5, 0.6) is 0 Å². The molecule has 0 radical (unpaired) electrons. The standard InChI is InChI=1S/C9H12BrNO2S/c1-2-13-9(12)7(11)3-6-4-8(10)14-5-6/h4-5,7H,2-3,11H2,1H3. The Balaban J connectivity index is 2.48. The monoisotopic (exact) mass is 277 g/mol. The molecular weight excluding hydrogens is 266 g/mol. The zero-order valence-electron chi connectivity index (χ0n) is 7.83. The third-order valence-electron chi connectivity index (χ3n) is 1.67. The summed E-state index contributed by atoms with van der Waals surface area (Å²) >= 11 is 4.93. The first-order chi connectivity index (χ1) is 6.63. The number of carbonyl (C=O) groups is 1. The van der Waals surface area contributed by atoms with Gasteiger partial charge in [-0.15, -0.1) is 11.3 Å². The smallest absolute Gasteiger partial charge is 0.323 e. The summed E-state index contributed by atoms with van der Waals surface area (Å²) < 4.78 is 5.86. The minimum atomic E-state index is -0.559. The average molecular weight is 278 g/mol. The minimum absolute atomic E-state index is 0.338. The Labute approximate surface area is 95.4 Å². The van der Waals surface area contributed by atoms with Gasteiger partial charge in [-0.2, -0.15) is 0 Å². The first-order valence-electron chi connectivity index (χ1n) is 4.28. The molecule has 2 N–H and O–H groups in total. The van der Waals surface area contributed by atoms with Crippen molar-refractivity contribution in [2.75, 3.05) is 6.61 Å². The highest BCUT2D eigenvalue weighted by Gasteiger charge is 2.15. The van der Waals surface area contributed by atoms with Crippen molar-refractivity contribution in [1.82, 2.24) is 0 Å². The number of thiophene rings is 1. The Morgan fingerprint density at radius 2 is 2.50 bits per heavy atom. The summed E-state index contributed by atoms with van der Waals surface area (Å²) in [7, 11) is 0. The fourth-order valence-corrected chi connectivity index (χ4v) is 2.26. The summed E-state index contributed by atoms with van der Waals surface area (Å²) in [5.74, 6) is -0.338. The second-order valence-electron chi connectivity index (χ2n) is 2.82. The Bertz CT molecular complexity index is 314. The maximum Gasteiger partial charge on any atom is 0.323 e. The topological polar surface area (TPSA) is 52.3 Å². The van der Waals surface area contributed by atoms with Gasteiger partial charge in [-0.05, 0) is 46.3 Å². The highest BCUT2D eigenvalue weighted by molar-refractivity contribution is 9.11. The molecule has 1 unspecified atom stereocenters. The van der Waals surface area contributed by atoms with Crippen LogP contribution in [0.15, 0.2) is 15.2 Å². The van der Waals surface area contributed by atoms with E-state index < -0.39 is 6.04 Å². The predicted molar refractivity (Wildman–Crippen MR) is 60.3 cm³/mol. The number of hydrogen-bond donors (Lipinski definition) is 1. The Morgan fingerprint density at radius 1 is 1.79 bits per heavy atom. The third kappa shape index (κ3) is 3.40. The maximum atomic E-state index is 11.2. The number of esters is 1. The van der Waals surface area contributed by atoms with Crippen LogP contribution in [-0.2, 0) is 16.0 Å². The van der Waals surface area contributed by atoms with Gasteiger partial charge in [-0.25, -0.2) is 0 Å². The zero-order chi connectivity index (χ0) is 10.6. The highest BCUT2D eigenvalue weighted by Crippen LogP contribution is 2.21. The first-order valence-corrected chi connectivity index (χ1v) is 5.96. The predicted octanol–water partition coefficient (Wildman–Crippen LogP) is 1.94. The van der Waals surface area contributed by atoms with Crippen molar-refractivity contribution < 1.29 is 9.53 Å². The summed E-state index contributed by atoms with van der Waals surface area (Å²) in [6.45, 7) is 2.14. The van der Waals surface area contributed by atoms with Crippen LogP contribution in [0.2, 0.25) is 0 Å². The first kappa shape index (κ1) is 11.7. The molecule has 0 saturated carbocycles. The lowest BCUT2D eigenvalue weighted by molar-refractivity contribution is -0.144. The highest BCUT2D eigenvalue weighted by atomic mass is 79.9. The van der Waals surface area contributed by atoms with E-state index in [4.69, 9.17) is 10.5 Å². The van der Waals surface area contributed by atoms with Crippen molar-refractivity contribution in [3.63, 3.8) is 0 Å². The molecule has 1 atom stereocenters. The SMILES string of the molecule is CCOC(=O)C(N)Cc1csc(Br)c1. The molecule has 0 aromatic carbocycles. The zero-order valence-corrected chi connectivity index (χ0v) is 10.2. The van der Waals surface area contributed by atoms with E-state index in [1.807, 2.05) is 11.4 Å². The van der Waals surface area contributed by atoms with Crippen molar-refractivity contribution in [3.8, 4) is 0 Å². The second-order valence-corrected chi connectivity index (χ2v) is 5.11. The van der Waals surface area contributed by atoms with Crippen LogP contribution >= 0.6 is 27.3 Å². The maximum absolute atomic E-state index is 11.2. The van der Waals surface area contributed by atoms with E-state index in [-0.39, 0.29) is 5.97 Å². The molecule has 0 aliphatic rings. The molecule has 0 aliphatic carbocycles. The molecule has 0 amide bonds. The number of halogens is 1. The number of ether oxygens (including phenoxy) is 1. The molecule has 0 fully saturated rings. The molecule has 0 bridgehead atoms. The van der Waals surface area contributed by atoms with Gasteiger partial charge >= 0.3 is 5.97 Å². The molecule has 0 aliphatic heterocycles. The molecule has 0 saturated heterocycles. The molecule has 3 nitrogen and oxygen atoms in total. The Hall–Kier alpha value is -0.390. The number of hydrogen-bond acceptors (Lipinski definition) is 4. The van der Waals surface area contributed by atoms with Gasteiger partial charge in [-0.1, -0.05) is 0 Å². The van der Waals surface area contributed by atoms with Crippen LogP contribution in [0.25, 0.3) is 0 Å². The number of carbonyl (C=O) groups excluding carboxylic acids is 1. The molecule has 5 heteroatoms. The summed E-state index contributed by atoms with van der Waals surface area (Å²) in [4.78, 5) is 11.2. The van der Waals surface area contributed by atoms with Crippen molar-refractivity contribution >= 4 is 33.2 Å². The van der Waals surface area contributed by atoms with E-state index in [0.717, 1.165) is 9.35 Å². The van der Waals surface area contributed by atoms with Crippen LogP contribution in [0.4, 0.5) is 0 Å². The van der Waals surface area contributed by atoms with Crippen molar-refractivity contribution in [3.05, 3.63) is 20.8 Å². The van der Waals surface area contributed by atoms with Crippen LogP contribution in [0.3, 0.4) is 0 Å². The van der Waals surface area contributed by atoms with Gasteiger partial charge in [0.15, 0.2) is 0 Å². The molecule has 1 heterocycles. The van der Waals surface area contributed by atoms with Gasteiger partial charge in [0.25, 0.3) is 0 Å². The van der Waals surface area contributed by atoms with Gasteiger partial charge in [0.05, 0.1) is 10.4 Å². The fraction of sp³-hybridized carbons (Fsp3) is 0.444. The summed E-state index contributed by atoms with van der Waals surface area (Å²) in [6, 6.07) is 1.40. The Kier molecular flexibility index (Phi) is 4.57. The van der Waals surface area contributed by atoms with Gasteiger partial charge in [0.1, 0.15) is 6.04 Å². The van der Waals surface area contributed by atoms with Gasteiger partial charge < -0.3 is 10.5 Å². The fourth-order valence-electron chi connectivity index (χ4n) is 1.04. The quantitative estimate of drug-likeness (QED) is 0.856. The molecule has 1 aromatic rings. The normalized spacial score (nSPS) is 12.5. The van der Waals surface area contributed by atoms with E-state index in [1.165, 1.54) is 0 Å². The van der Waals surface area contributed by atoms with Crippen LogP contribution in [0.1, 0.15) is 12.5 Å². The third-order valence-corrected chi connectivity index (χ3v) is 3.22. The lowest BCUT2D eigenvalue weighted by atomic mass is 10.1. The lowest BCUT2D eigenvalue weighted by Crippen LogP contribution is -2.34. The van der Waals surface area contributed by atoms with Crippen molar-refractivity contribution in [2.45, 2.75) is 19.4 Å². The van der Waals surface area contributed by atoms with E-state index >= 15 is 0 Å².